The van der Waals surface area contributed by atoms with Gasteiger partial charge >= 0.3 is 0 Å². The van der Waals surface area contributed by atoms with Crippen LogP contribution in [0.25, 0.3) is 16.8 Å². The largest absolute Gasteiger partial charge is 0.264 e. The van der Waals surface area contributed by atoms with Crippen molar-refractivity contribution in [3.8, 4) is 11.3 Å². The highest BCUT2D eigenvalue weighted by Gasteiger charge is 2.24. The molecule has 2 heterocycles. The Hall–Kier alpha value is -1.96. The molecule has 0 atom stereocenters. The highest BCUT2D eigenvalue weighted by atomic mass is 14.7. The maximum Gasteiger partial charge on any atom is 0.0804 e. The second kappa shape index (κ2) is 2.76. The molecule has 0 saturated heterocycles. The van der Waals surface area contributed by atoms with Gasteiger partial charge in [0.15, 0.2) is 0 Å². The Bertz CT molecular complexity index is 570. The lowest BCUT2D eigenvalue weighted by atomic mass is 10.0. The molecule has 0 amide bonds. The molecule has 2 aromatic rings. The molecular weight excluding hydrogens is 184 g/mol. The number of aryl methyl sites for hydroxylation is 1. The molecule has 0 aliphatic heterocycles. The van der Waals surface area contributed by atoms with Crippen LogP contribution in [0.4, 0.5) is 0 Å². The SMILES string of the molecule is C=C1c2ccncc2-c2nccc(C)c21. The first-order valence-corrected chi connectivity index (χ1v) is 4.88. The summed E-state index contributed by atoms with van der Waals surface area (Å²) in [5, 5.41) is 0. The van der Waals surface area contributed by atoms with Crippen molar-refractivity contribution in [2.75, 3.05) is 0 Å². The van der Waals surface area contributed by atoms with Crippen LogP contribution in [-0.4, -0.2) is 9.97 Å². The fourth-order valence-corrected chi connectivity index (χ4v) is 2.12. The Balaban J connectivity index is 2.43. The Labute approximate surface area is 88.3 Å². The first-order chi connectivity index (χ1) is 7.29. The fraction of sp³-hybridized carbons (Fsp3) is 0.0769. The normalized spacial score (nSPS) is 12.5. The summed E-state index contributed by atoms with van der Waals surface area (Å²) in [7, 11) is 0. The van der Waals surface area contributed by atoms with Crippen molar-refractivity contribution in [3.05, 3.63) is 54.0 Å². The van der Waals surface area contributed by atoms with Gasteiger partial charge < -0.3 is 0 Å². The minimum atomic E-state index is 1.02. The van der Waals surface area contributed by atoms with Gasteiger partial charge in [-0.1, -0.05) is 6.58 Å². The summed E-state index contributed by atoms with van der Waals surface area (Å²) < 4.78 is 0. The molecule has 0 saturated carbocycles. The van der Waals surface area contributed by atoms with E-state index in [1.54, 1.807) is 6.20 Å². The minimum absolute atomic E-state index is 1.02. The Kier molecular flexibility index (Phi) is 1.54. The summed E-state index contributed by atoms with van der Waals surface area (Å²) in [6, 6.07) is 4.02. The summed E-state index contributed by atoms with van der Waals surface area (Å²) in [5.74, 6) is 0. The average molecular weight is 194 g/mol. The maximum atomic E-state index is 4.41. The number of hydrogen-bond donors (Lipinski definition) is 0. The first kappa shape index (κ1) is 8.36. The van der Waals surface area contributed by atoms with Crippen LogP contribution < -0.4 is 0 Å². The van der Waals surface area contributed by atoms with Crippen LogP contribution in [0.15, 0.2) is 37.3 Å². The molecule has 2 heteroatoms. The lowest BCUT2D eigenvalue weighted by Crippen LogP contribution is -1.87. The van der Waals surface area contributed by atoms with Gasteiger partial charge in [-0.15, -0.1) is 0 Å². The third-order valence-corrected chi connectivity index (χ3v) is 2.86. The molecular formula is C13H10N2. The second-order valence-electron chi connectivity index (χ2n) is 3.75. The number of nitrogens with zero attached hydrogens (tertiary/aromatic N) is 2. The zero-order valence-electron chi connectivity index (χ0n) is 8.49. The van der Waals surface area contributed by atoms with Gasteiger partial charge in [0.25, 0.3) is 0 Å². The molecule has 72 valence electrons. The molecule has 1 aliphatic carbocycles. The van der Waals surface area contributed by atoms with Crippen molar-refractivity contribution >= 4 is 5.57 Å². The van der Waals surface area contributed by atoms with Gasteiger partial charge in [0.05, 0.1) is 5.69 Å². The standard InChI is InChI=1S/C13H10N2/c1-8-3-6-15-13-11-7-14-5-4-10(11)9(2)12(8)13/h3-7H,2H2,1H3. The van der Waals surface area contributed by atoms with Crippen LogP contribution in [0, 0.1) is 6.92 Å². The summed E-state index contributed by atoms with van der Waals surface area (Å²) in [6.07, 6.45) is 5.49. The van der Waals surface area contributed by atoms with Gasteiger partial charge in [-0.25, -0.2) is 0 Å². The third kappa shape index (κ3) is 0.988. The highest BCUT2D eigenvalue weighted by molar-refractivity contribution is 5.99. The summed E-state index contributed by atoms with van der Waals surface area (Å²) >= 11 is 0. The van der Waals surface area contributed by atoms with Crippen molar-refractivity contribution in [2.24, 2.45) is 0 Å². The van der Waals surface area contributed by atoms with Gasteiger partial charge in [0.1, 0.15) is 0 Å². The van der Waals surface area contributed by atoms with Crippen LogP contribution in [0.5, 0.6) is 0 Å². The van der Waals surface area contributed by atoms with E-state index in [9.17, 15) is 0 Å². The Morgan fingerprint density at radius 1 is 1.13 bits per heavy atom. The van der Waals surface area contributed by atoms with Gasteiger partial charge in [0.2, 0.25) is 0 Å². The van der Waals surface area contributed by atoms with E-state index < -0.39 is 0 Å². The van der Waals surface area contributed by atoms with Crippen molar-refractivity contribution in [1.29, 1.82) is 0 Å². The molecule has 0 unspecified atom stereocenters. The van der Waals surface area contributed by atoms with Crippen LogP contribution in [0.1, 0.15) is 16.7 Å². The molecule has 2 nitrogen and oxygen atoms in total. The first-order valence-electron chi connectivity index (χ1n) is 4.88. The fourth-order valence-electron chi connectivity index (χ4n) is 2.12. The Morgan fingerprint density at radius 3 is 2.87 bits per heavy atom. The molecule has 0 radical (unpaired) electrons. The van der Waals surface area contributed by atoms with E-state index in [4.69, 9.17) is 0 Å². The molecule has 1 aliphatic rings. The van der Waals surface area contributed by atoms with Crippen LogP contribution >= 0.6 is 0 Å². The third-order valence-electron chi connectivity index (χ3n) is 2.86. The Morgan fingerprint density at radius 2 is 2.00 bits per heavy atom. The molecule has 2 aromatic heterocycles. The lowest BCUT2D eigenvalue weighted by molar-refractivity contribution is 1.26. The molecule has 0 spiro atoms. The topological polar surface area (TPSA) is 25.8 Å². The predicted octanol–water partition coefficient (Wildman–Crippen LogP) is 2.83. The number of fused-ring (bicyclic) bond motifs is 3. The van der Waals surface area contributed by atoms with Crippen LogP contribution in [0.2, 0.25) is 0 Å². The quantitative estimate of drug-likeness (QED) is 0.550. The van der Waals surface area contributed by atoms with E-state index in [-0.39, 0.29) is 0 Å². The molecule has 0 aromatic carbocycles. The van der Waals surface area contributed by atoms with Crippen LogP contribution in [0.3, 0.4) is 0 Å². The van der Waals surface area contributed by atoms with Crippen molar-refractivity contribution in [3.63, 3.8) is 0 Å². The van der Waals surface area contributed by atoms with Gasteiger partial charge in [-0.2, -0.15) is 0 Å². The zero-order chi connectivity index (χ0) is 10.4. The zero-order valence-corrected chi connectivity index (χ0v) is 8.49. The summed E-state index contributed by atoms with van der Waals surface area (Å²) in [5.41, 5.74) is 6.72. The maximum absolute atomic E-state index is 4.41. The van der Waals surface area contributed by atoms with Crippen LogP contribution in [-0.2, 0) is 0 Å². The predicted molar refractivity (Wildman–Crippen MR) is 60.3 cm³/mol. The highest BCUT2D eigenvalue weighted by Crippen LogP contribution is 2.42. The van der Waals surface area contributed by atoms with Crippen molar-refractivity contribution in [1.82, 2.24) is 9.97 Å². The lowest BCUT2D eigenvalue weighted by Gasteiger charge is -2.02. The molecule has 0 N–H and O–H groups in total. The number of aromatic nitrogens is 2. The van der Waals surface area contributed by atoms with Gasteiger partial charge in [-0.05, 0) is 35.8 Å². The summed E-state index contributed by atoms with van der Waals surface area (Å²) in [6.45, 7) is 6.22. The second-order valence-corrected chi connectivity index (χ2v) is 3.75. The number of hydrogen-bond acceptors (Lipinski definition) is 2. The smallest absolute Gasteiger partial charge is 0.0804 e. The molecule has 0 bridgehead atoms. The van der Waals surface area contributed by atoms with Crippen molar-refractivity contribution in [2.45, 2.75) is 6.92 Å². The molecule has 15 heavy (non-hydrogen) atoms. The van der Waals surface area contributed by atoms with Gasteiger partial charge in [-0.3, -0.25) is 9.97 Å². The van der Waals surface area contributed by atoms with E-state index in [2.05, 4.69) is 23.5 Å². The van der Waals surface area contributed by atoms with E-state index in [0.717, 1.165) is 22.4 Å². The van der Waals surface area contributed by atoms with Gasteiger partial charge in [0, 0.05) is 29.7 Å². The van der Waals surface area contributed by atoms with Crippen molar-refractivity contribution < 1.29 is 0 Å². The van der Waals surface area contributed by atoms with E-state index >= 15 is 0 Å². The number of rotatable bonds is 0. The van der Waals surface area contributed by atoms with E-state index in [1.165, 1.54) is 11.1 Å². The van der Waals surface area contributed by atoms with E-state index in [0.29, 0.717) is 0 Å². The number of pyridine rings is 2. The van der Waals surface area contributed by atoms with E-state index in [1.807, 2.05) is 24.5 Å². The summed E-state index contributed by atoms with van der Waals surface area (Å²) in [4.78, 5) is 8.55. The monoisotopic (exact) mass is 194 g/mol. The molecule has 0 fully saturated rings. The average Bonchev–Trinajstić information content (AvgIpc) is 2.55. The minimum Gasteiger partial charge on any atom is -0.264 e. The molecule has 3 rings (SSSR count).